The molecule has 1 N–H and O–H groups in total. The number of phenols is 1. The molecule has 1 aliphatic carbocycles. The number of hydrogen-bond donors (Lipinski definition) is 1. The highest BCUT2D eigenvalue weighted by Gasteiger charge is 2.55. The molecule has 5 aliphatic heterocycles. The SMILES string of the molecule is COc1cc([C@@H]2c3cc4c(cc3[C@@H](O[C@H]3C[C@H](N5CCOCC5)[C@@H]5OC(C)OC[C@H]5O3)[C@H]3COC(=O)[C@H]23)OCO4)cc(OC)c1O. The van der Waals surface area contributed by atoms with Crippen molar-refractivity contribution in [2.75, 3.05) is 60.5 Å². The number of ether oxygens (including phenoxy) is 10. The van der Waals surface area contributed by atoms with Crippen molar-refractivity contribution in [2.24, 2.45) is 11.8 Å². The Kier molecular flexibility index (Phi) is 7.86. The summed E-state index contributed by atoms with van der Waals surface area (Å²) in [6.07, 6.45) is -1.37. The van der Waals surface area contributed by atoms with Gasteiger partial charge >= 0.3 is 5.97 Å². The van der Waals surface area contributed by atoms with Gasteiger partial charge in [0.25, 0.3) is 0 Å². The summed E-state index contributed by atoms with van der Waals surface area (Å²) in [5.41, 5.74) is 2.42. The molecule has 4 fully saturated rings. The van der Waals surface area contributed by atoms with Crippen molar-refractivity contribution >= 4 is 5.97 Å². The molecular formula is C33H39NO12. The van der Waals surface area contributed by atoms with Crippen LogP contribution in [0.4, 0.5) is 0 Å². The Morgan fingerprint density at radius 1 is 0.913 bits per heavy atom. The molecule has 0 bridgehead atoms. The van der Waals surface area contributed by atoms with Gasteiger partial charge in [-0.1, -0.05) is 0 Å². The lowest BCUT2D eigenvalue weighted by atomic mass is 9.66. The quantitative estimate of drug-likeness (QED) is 0.464. The van der Waals surface area contributed by atoms with E-state index < -0.39 is 24.2 Å². The van der Waals surface area contributed by atoms with Crippen molar-refractivity contribution in [2.45, 2.75) is 56.2 Å². The van der Waals surface area contributed by atoms with Crippen molar-refractivity contribution in [1.29, 1.82) is 0 Å². The molecule has 0 amide bonds. The number of nitrogens with zero attached hydrogens (tertiary/aromatic N) is 1. The summed E-state index contributed by atoms with van der Waals surface area (Å²) in [5.74, 6) is -0.163. The number of cyclic esters (lactones) is 1. The van der Waals surface area contributed by atoms with E-state index in [-0.39, 0.29) is 67.1 Å². The summed E-state index contributed by atoms with van der Waals surface area (Å²) in [7, 11) is 2.95. The van der Waals surface area contributed by atoms with E-state index in [2.05, 4.69) is 4.90 Å². The summed E-state index contributed by atoms with van der Waals surface area (Å²) in [5, 5.41) is 10.7. The lowest BCUT2D eigenvalue weighted by molar-refractivity contribution is -0.333. The lowest BCUT2D eigenvalue weighted by Crippen LogP contribution is -2.63. The summed E-state index contributed by atoms with van der Waals surface area (Å²) < 4.78 is 59.6. The zero-order valence-electron chi connectivity index (χ0n) is 26.0. The van der Waals surface area contributed by atoms with Crippen LogP contribution >= 0.6 is 0 Å². The first-order valence-corrected chi connectivity index (χ1v) is 15.9. The normalized spacial score (nSPS) is 35.1. The Hall–Kier alpha value is -3.33. The van der Waals surface area contributed by atoms with E-state index in [0.29, 0.717) is 37.7 Å². The number of methoxy groups -OCH3 is 2. The third-order valence-corrected chi connectivity index (χ3v) is 10.1. The van der Waals surface area contributed by atoms with Crippen LogP contribution in [0, 0.1) is 11.8 Å². The van der Waals surface area contributed by atoms with Gasteiger partial charge in [0.2, 0.25) is 12.5 Å². The van der Waals surface area contributed by atoms with E-state index in [9.17, 15) is 9.90 Å². The van der Waals surface area contributed by atoms with Crippen LogP contribution in [0.25, 0.3) is 0 Å². The molecular weight excluding hydrogens is 602 g/mol. The largest absolute Gasteiger partial charge is 0.502 e. The summed E-state index contributed by atoms with van der Waals surface area (Å²) in [6.45, 7) is 5.49. The predicted octanol–water partition coefficient (Wildman–Crippen LogP) is 2.71. The highest BCUT2D eigenvalue weighted by atomic mass is 16.7. The Morgan fingerprint density at radius 3 is 2.35 bits per heavy atom. The van der Waals surface area contributed by atoms with E-state index in [0.717, 1.165) is 29.8 Å². The summed E-state index contributed by atoms with van der Waals surface area (Å²) >= 11 is 0. The number of morpholine rings is 1. The first kappa shape index (κ1) is 30.0. The molecule has 0 saturated carbocycles. The monoisotopic (exact) mass is 641 g/mol. The standard InChI is InChI=1S/C33H39NO12/c1-16-40-14-26-32(44-16)21(34-4-6-39-7-5-34)12-27(45-26)46-31-19-11-23-22(42-15-43-23)10-18(19)28(29-20(31)13-41-33(29)36)17-8-24(37-2)30(35)25(9-17)38-3/h8-11,16,20-21,26-29,31-32,35H,4-7,12-15H2,1-3H3/t16?,20-,21-,26+,27-,28+,29-,31+,32-/m0/s1. The molecule has 1 unspecified atom stereocenters. The molecule has 2 aromatic rings. The number of fused-ring (bicyclic) bond motifs is 4. The van der Waals surface area contributed by atoms with Crippen LogP contribution in [0.15, 0.2) is 24.3 Å². The molecule has 5 heterocycles. The molecule has 248 valence electrons. The van der Waals surface area contributed by atoms with Gasteiger partial charge in [0.15, 0.2) is 35.6 Å². The number of carbonyl (C=O) groups is 1. The molecule has 13 heteroatoms. The van der Waals surface area contributed by atoms with E-state index in [4.69, 9.17) is 47.4 Å². The Balaban J connectivity index is 1.19. The number of benzene rings is 2. The maximum Gasteiger partial charge on any atom is 0.310 e. The van der Waals surface area contributed by atoms with Gasteiger partial charge in [0.1, 0.15) is 12.2 Å². The number of esters is 1. The molecule has 13 nitrogen and oxygen atoms in total. The average molecular weight is 642 g/mol. The number of hydrogen-bond acceptors (Lipinski definition) is 13. The van der Waals surface area contributed by atoms with Crippen molar-refractivity contribution < 1.29 is 57.3 Å². The minimum atomic E-state index is -0.597. The molecule has 0 radical (unpaired) electrons. The second kappa shape index (κ2) is 12.0. The third-order valence-electron chi connectivity index (χ3n) is 10.1. The van der Waals surface area contributed by atoms with Gasteiger partial charge in [0.05, 0.1) is 52.7 Å². The summed E-state index contributed by atoms with van der Waals surface area (Å²) in [4.78, 5) is 16.0. The van der Waals surface area contributed by atoms with Gasteiger partial charge < -0.3 is 52.5 Å². The van der Waals surface area contributed by atoms with Crippen LogP contribution in [-0.4, -0.2) is 107 Å². The highest BCUT2D eigenvalue weighted by Crippen LogP contribution is 2.57. The lowest BCUT2D eigenvalue weighted by Gasteiger charge is -2.50. The number of phenolic OH excluding ortho intramolecular Hbond substituents is 1. The number of carbonyl (C=O) groups excluding carboxylic acids is 1. The van der Waals surface area contributed by atoms with E-state index in [1.54, 1.807) is 12.1 Å². The predicted molar refractivity (Wildman–Crippen MR) is 157 cm³/mol. The molecule has 2 aromatic carbocycles. The van der Waals surface area contributed by atoms with Crippen LogP contribution in [-0.2, 0) is 33.2 Å². The fourth-order valence-corrected chi connectivity index (χ4v) is 8.01. The molecule has 46 heavy (non-hydrogen) atoms. The highest BCUT2D eigenvalue weighted by molar-refractivity contribution is 5.79. The van der Waals surface area contributed by atoms with Gasteiger partial charge in [-0.3, -0.25) is 9.69 Å². The maximum atomic E-state index is 13.6. The van der Waals surface area contributed by atoms with Gasteiger partial charge in [-0.2, -0.15) is 0 Å². The van der Waals surface area contributed by atoms with Crippen molar-refractivity contribution in [1.82, 2.24) is 4.90 Å². The molecule has 8 rings (SSSR count). The van der Waals surface area contributed by atoms with Gasteiger partial charge in [-0.15, -0.1) is 0 Å². The number of aromatic hydroxyl groups is 1. The zero-order chi connectivity index (χ0) is 31.5. The van der Waals surface area contributed by atoms with Crippen LogP contribution in [0.5, 0.6) is 28.7 Å². The fourth-order valence-electron chi connectivity index (χ4n) is 8.01. The Labute approximate surface area is 266 Å². The smallest absolute Gasteiger partial charge is 0.310 e. The Morgan fingerprint density at radius 2 is 1.63 bits per heavy atom. The number of rotatable bonds is 6. The topological polar surface area (TPSA) is 133 Å². The van der Waals surface area contributed by atoms with Crippen molar-refractivity contribution in [3.8, 4) is 28.7 Å². The first-order chi connectivity index (χ1) is 22.4. The van der Waals surface area contributed by atoms with Crippen LogP contribution in [0.2, 0.25) is 0 Å². The van der Waals surface area contributed by atoms with Crippen LogP contribution < -0.4 is 18.9 Å². The van der Waals surface area contributed by atoms with E-state index >= 15 is 0 Å². The average Bonchev–Trinajstić information content (AvgIpc) is 3.70. The van der Waals surface area contributed by atoms with Crippen LogP contribution in [0.3, 0.4) is 0 Å². The molecule has 9 atom stereocenters. The maximum absolute atomic E-state index is 13.6. The van der Waals surface area contributed by atoms with E-state index in [1.165, 1.54) is 14.2 Å². The molecule has 6 aliphatic rings. The Bertz CT molecular complexity index is 1450. The third kappa shape index (κ3) is 5.04. The first-order valence-electron chi connectivity index (χ1n) is 15.9. The van der Waals surface area contributed by atoms with Crippen LogP contribution in [0.1, 0.15) is 42.1 Å². The van der Waals surface area contributed by atoms with E-state index in [1.807, 2.05) is 19.1 Å². The van der Waals surface area contributed by atoms with Gasteiger partial charge in [0, 0.05) is 37.4 Å². The van der Waals surface area contributed by atoms with Gasteiger partial charge in [-0.05, 0) is 47.9 Å². The van der Waals surface area contributed by atoms with Gasteiger partial charge in [-0.25, -0.2) is 0 Å². The molecule has 0 aromatic heterocycles. The zero-order valence-corrected chi connectivity index (χ0v) is 26.0. The van der Waals surface area contributed by atoms with Crippen molar-refractivity contribution in [3.63, 3.8) is 0 Å². The second-order valence-corrected chi connectivity index (χ2v) is 12.5. The minimum Gasteiger partial charge on any atom is -0.502 e. The van der Waals surface area contributed by atoms with Crippen molar-refractivity contribution in [3.05, 3.63) is 41.0 Å². The summed E-state index contributed by atoms with van der Waals surface area (Å²) in [6, 6.07) is 7.39. The molecule has 4 saturated heterocycles. The molecule has 0 spiro atoms. The second-order valence-electron chi connectivity index (χ2n) is 12.5. The minimum absolute atomic E-state index is 0.0424. The fraction of sp³-hybridized carbons (Fsp3) is 0.606.